The maximum absolute atomic E-state index is 13.5. The molecule has 0 aromatic carbocycles. The molecule has 1 saturated heterocycles. The van der Waals surface area contributed by atoms with Gasteiger partial charge in [-0.25, -0.2) is 0 Å². The molecule has 1 aliphatic rings. The summed E-state index contributed by atoms with van der Waals surface area (Å²) in [6, 6.07) is 7.85. The van der Waals surface area contributed by atoms with Gasteiger partial charge < -0.3 is 4.74 Å². The van der Waals surface area contributed by atoms with E-state index in [4.69, 9.17) is 4.74 Å². The number of thiophene rings is 1. The van der Waals surface area contributed by atoms with Crippen molar-refractivity contribution >= 4 is 11.3 Å². The molecule has 3 rings (SSSR count). The Bertz CT molecular complexity index is 792. The molecule has 2 aromatic rings. The number of nitrogens with zero attached hydrogens (tertiary/aromatic N) is 2. The molecule has 0 spiro atoms. The van der Waals surface area contributed by atoms with Gasteiger partial charge in [0, 0.05) is 40.9 Å². The van der Waals surface area contributed by atoms with Crippen molar-refractivity contribution in [2.24, 2.45) is 5.41 Å². The quantitative estimate of drug-likeness (QED) is 0.502. The first-order valence-electron chi connectivity index (χ1n) is 10.9. The van der Waals surface area contributed by atoms with Gasteiger partial charge in [-0.3, -0.25) is 9.88 Å². The second-order valence-corrected chi connectivity index (χ2v) is 9.77. The van der Waals surface area contributed by atoms with Gasteiger partial charge in [-0.05, 0) is 83.7 Å². The highest BCUT2D eigenvalue weighted by Gasteiger charge is 2.47. The molecule has 1 fully saturated rings. The Morgan fingerprint density at radius 3 is 2.69 bits per heavy atom. The normalized spacial score (nSPS) is 23.2. The van der Waals surface area contributed by atoms with Crippen molar-refractivity contribution in [3.63, 3.8) is 0 Å². The van der Waals surface area contributed by atoms with Gasteiger partial charge in [0.15, 0.2) is 5.13 Å². The molecule has 2 aromatic heterocycles. The molecular weight excluding hydrogens is 383 g/mol. The Kier molecular flexibility index (Phi) is 7.13. The van der Waals surface area contributed by atoms with Crippen LogP contribution in [0.15, 0.2) is 30.5 Å². The molecule has 0 saturated carbocycles. The summed E-state index contributed by atoms with van der Waals surface area (Å²) in [6.07, 6.45) is 6.30. The molecule has 1 aliphatic heterocycles. The van der Waals surface area contributed by atoms with E-state index >= 15 is 0 Å². The Morgan fingerprint density at radius 2 is 2.10 bits per heavy atom. The zero-order valence-electron chi connectivity index (χ0n) is 18.5. The lowest BCUT2D eigenvalue weighted by Crippen LogP contribution is -2.45. The number of pyridine rings is 1. The Labute approximate surface area is 179 Å². The van der Waals surface area contributed by atoms with Gasteiger partial charge in [0.2, 0.25) is 0 Å². The highest BCUT2D eigenvalue weighted by atomic mass is 32.1. The van der Waals surface area contributed by atoms with Crippen molar-refractivity contribution in [3.05, 3.63) is 51.7 Å². The van der Waals surface area contributed by atoms with Crippen molar-refractivity contribution < 1.29 is 9.13 Å². The van der Waals surface area contributed by atoms with Crippen molar-refractivity contribution in [2.75, 3.05) is 19.7 Å². The average molecular weight is 419 g/mol. The predicted molar refractivity (Wildman–Crippen MR) is 119 cm³/mol. The highest BCUT2D eigenvalue weighted by Crippen LogP contribution is 2.45. The highest BCUT2D eigenvalue weighted by molar-refractivity contribution is 7.10. The van der Waals surface area contributed by atoms with E-state index in [9.17, 15) is 4.39 Å². The molecule has 29 heavy (non-hydrogen) atoms. The number of halogens is 1. The van der Waals surface area contributed by atoms with Gasteiger partial charge >= 0.3 is 0 Å². The Balaban J connectivity index is 1.82. The number of ether oxygens (including phenoxy) is 1. The molecule has 0 radical (unpaired) electrons. The van der Waals surface area contributed by atoms with Crippen LogP contribution in [0.4, 0.5) is 4.39 Å². The fourth-order valence-electron chi connectivity index (χ4n) is 4.74. The van der Waals surface area contributed by atoms with Crippen LogP contribution in [-0.2, 0) is 16.7 Å². The maximum atomic E-state index is 13.5. The third kappa shape index (κ3) is 4.73. The van der Waals surface area contributed by atoms with Crippen molar-refractivity contribution in [3.8, 4) is 0 Å². The summed E-state index contributed by atoms with van der Waals surface area (Å²) in [5, 5.41) is -0.0922. The van der Waals surface area contributed by atoms with E-state index in [0.29, 0.717) is 0 Å². The zero-order valence-corrected chi connectivity index (χ0v) is 19.3. The van der Waals surface area contributed by atoms with E-state index in [0.717, 1.165) is 56.0 Å². The zero-order chi connectivity index (χ0) is 21.1. The number of aryl methyl sites for hydroxylation is 2. The summed E-state index contributed by atoms with van der Waals surface area (Å²) in [5.74, 6) is 0. The number of hydrogen-bond acceptors (Lipinski definition) is 4. The van der Waals surface area contributed by atoms with E-state index in [1.165, 1.54) is 16.9 Å². The van der Waals surface area contributed by atoms with Crippen LogP contribution in [0.1, 0.15) is 63.1 Å². The summed E-state index contributed by atoms with van der Waals surface area (Å²) in [4.78, 5) is 8.32. The third-order valence-corrected chi connectivity index (χ3v) is 8.02. The molecule has 0 amide bonds. The fourth-order valence-corrected chi connectivity index (χ4v) is 5.46. The lowest BCUT2D eigenvalue weighted by atomic mass is 9.77. The van der Waals surface area contributed by atoms with Crippen LogP contribution in [0.3, 0.4) is 0 Å². The summed E-state index contributed by atoms with van der Waals surface area (Å²) in [7, 11) is 0. The van der Waals surface area contributed by atoms with E-state index < -0.39 is 0 Å². The Morgan fingerprint density at radius 1 is 1.31 bits per heavy atom. The van der Waals surface area contributed by atoms with Crippen LogP contribution in [0.5, 0.6) is 0 Å². The second kappa shape index (κ2) is 9.23. The van der Waals surface area contributed by atoms with Crippen molar-refractivity contribution in [2.45, 2.75) is 71.9 Å². The van der Waals surface area contributed by atoms with Crippen LogP contribution in [-0.4, -0.2) is 35.7 Å². The van der Waals surface area contributed by atoms with Crippen LogP contribution < -0.4 is 0 Å². The molecule has 0 aliphatic carbocycles. The Hall–Kier alpha value is -1.30. The predicted octanol–water partition coefficient (Wildman–Crippen LogP) is 5.97. The monoisotopic (exact) mass is 418 g/mol. The lowest BCUT2D eigenvalue weighted by molar-refractivity contribution is -0.0304. The van der Waals surface area contributed by atoms with E-state index in [-0.39, 0.29) is 22.2 Å². The molecule has 3 nitrogen and oxygen atoms in total. The average Bonchev–Trinajstić information content (AvgIpc) is 3.34. The van der Waals surface area contributed by atoms with Crippen LogP contribution >= 0.6 is 11.3 Å². The van der Waals surface area contributed by atoms with Crippen LogP contribution in [0, 0.1) is 17.5 Å². The molecular formula is C24H35FN2OS. The number of likely N-dealkylation sites (tertiary alicyclic amines) is 1. The topological polar surface area (TPSA) is 25.4 Å². The third-order valence-electron chi connectivity index (χ3n) is 7.08. The molecule has 160 valence electrons. The van der Waals surface area contributed by atoms with Crippen molar-refractivity contribution in [1.82, 2.24) is 9.88 Å². The minimum Gasteiger partial charge on any atom is -0.378 e. The molecule has 0 bridgehead atoms. The first kappa shape index (κ1) is 22.4. The maximum Gasteiger partial charge on any atom is 0.176 e. The first-order chi connectivity index (χ1) is 13.8. The van der Waals surface area contributed by atoms with E-state index in [1.807, 2.05) is 19.2 Å². The van der Waals surface area contributed by atoms with Crippen molar-refractivity contribution in [1.29, 1.82) is 0 Å². The first-order valence-corrected chi connectivity index (χ1v) is 11.7. The SMILES string of the molecule is CCOC(C)C1(CCc2ccc(F)s2)CCN(C(C)(CC)c2ccc(C)nc2)C1. The van der Waals surface area contributed by atoms with Crippen LogP contribution in [0.25, 0.3) is 0 Å². The minimum absolute atomic E-state index is 0.0383. The largest absolute Gasteiger partial charge is 0.378 e. The van der Waals surface area contributed by atoms with E-state index in [2.05, 4.69) is 49.7 Å². The molecule has 3 heterocycles. The minimum atomic E-state index is -0.0922. The van der Waals surface area contributed by atoms with Gasteiger partial charge in [0.1, 0.15) is 0 Å². The fraction of sp³-hybridized carbons (Fsp3) is 0.625. The molecule has 3 atom stereocenters. The second-order valence-electron chi connectivity index (χ2n) is 8.65. The molecule has 5 heteroatoms. The summed E-state index contributed by atoms with van der Waals surface area (Å²) < 4.78 is 19.6. The number of hydrogen-bond donors (Lipinski definition) is 0. The van der Waals surface area contributed by atoms with Gasteiger partial charge in [0.05, 0.1) is 6.10 Å². The lowest BCUT2D eigenvalue weighted by Gasteiger charge is -2.42. The van der Waals surface area contributed by atoms with Gasteiger partial charge in [-0.15, -0.1) is 11.3 Å². The number of aromatic nitrogens is 1. The molecule has 0 N–H and O–H groups in total. The van der Waals surface area contributed by atoms with E-state index in [1.54, 1.807) is 6.07 Å². The summed E-state index contributed by atoms with van der Waals surface area (Å²) >= 11 is 1.27. The summed E-state index contributed by atoms with van der Waals surface area (Å²) in [5.41, 5.74) is 2.39. The van der Waals surface area contributed by atoms with Gasteiger partial charge in [0.25, 0.3) is 0 Å². The smallest absolute Gasteiger partial charge is 0.176 e. The van der Waals surface area contributed by atoms with Crippen LogP contribution in [0.2, 0.25) is 0 Å². The van der Waals surface area contributed by atoms with Gasteiger partial charge in [-0.1, -0.05) is 13.0 Å². The molecule has 3 unspecified atom stereocenters. The summed E-state index contributed by atoms with van der Waals surface area (Å²) in [6.45, 7) is 13.7. The standard InChI is InChI=1S/C24H35FN2OS/c1-6-23(5,20-9-8-18(3)26-16-20)27-15-14-24(17-27,19(4)28-7-2)13-12-21-10-11-22(25)29-21/h8-11,16,19H,6-7,12-15,17H2,1-5H3. The van der Waals surface area contributed by atoms with Gasteiger partial charge in [-0.2, -0.15) is 4.39 Å². The number of rotatable bonds is 9.